The monoisotopic (exact) mass is 512 g/mol. The summed E-state index contributed by atoms with van der Waals surface area (Å²) in [5.41, 5.74) is 1.02. The molecule has 10 heteroatoms. The third-order valence-electron chi connectivity index (χ3n) is 6.40. The maximum absolute atomic E-state index is 13.8. The van der Waals surface area contributed by atoms with Gasteiger partial charge in [-0.05, 0) is 55.5 Å². The van der Waals surface area contributed by atoms with Gasteiger partial charge in [0.05, 0.1) is 11.2 Å². The van der Waals surface area contributed by atoms with Crippen molar-refractivity contribution in [2.45, 2.75) is 6.92 Å². The predicted octanol–water partition coefficient (Wildman–Crippen LogP) is 3.71. The molecule has 4 aromatic rings. The molecule has 0 aliphatic carbocycles. The zero-order valence-corrected chi connectivity index (χ0v) is 21.0. The van der Waals surface area contributed by atoms with E-state index < -0.39 is 11.7 Å². The van der Waals surface area contributed by atoms with E-state index in [0.717, 1.165) is 0 Å². The lowest BCUT2D eigenvalue weighted by Crippen LogP contribution is -2.52. The first kappa shape index (κ1) is 24.8. The maximum atomic E-state index is 13.8. The highest BCUT2D eigenvalue weighted by molar-refractivity contribution is 5.95. The number of fused-ring (bicyclic) bond motifs is 1. The van der Waals surface area contributed by atoms with Crippen molar-refractivity contribution >= 4 is 28.8 Å². The van der Waals surface area contributed by atoms with Crippen LogP contribution in [0.3, 0.4) is 0 Å². The second-order valence-corrected chi connectivity index (χ2v) is 8.72. The van der Waals surface area contributed by atoms with E-state index in [-0.39, 0.29) is 5.91 Å². The lowest BCUT2D eigenvalue weighted by atomic mass is 10.2. The summed E-state index contributed by atoms with van der Waals surface area (Å²) in [6.45, 7) is 7.42. The van der Waals surface area contributed by atoms with Gasteiger partial charge < -0.3 is 19.9 Å². The molecule has 1 fully saturated rings. The number of imidazole rings is 1. The summed E-state index contributed by atoms with van der Waals surface area (Å²) in [7, 11) is 0. The van der Waals surface area contributed by atoms with E-state index in [1.165, 1.54) is 15.2 Å². The molecule has 1 saturated heterocycles. The standard InChI is InChI=1S/C28H28N6O4/c1-3-24(35)31-16-18-32(19-17-31)27(36)34-23-14-15-30-26(29-4-2)25(23)33(28(34)37)20-10-12-22(13-11-20)38-21-8-6-5-7-9-21/h3,5-15H,1,4,16-19H2,2H3,(H,29,30). The van der Waals surface area contributed by atoms with Crippen LogP contribution in [0.25, 0.3) is 16.7 Å². The number of pyridine rings is 1. The number of nitrogens with zero attached hydrogens (tertiary/aromatic N) is 5. The lowest BCUT2D eigenvalue weighted by Gasteiger charge is -2.34. The van der Waals surface area contributed by atoms with E-state index in [1.807, 2.05) is 37.3 Å². The Labute approximate surface area is 219 Å². The van der Waals surface area contributed by atoms with Crippen molar-refractivity contribution in [3.8, 4) is 17.2 Å². The van der Waals surface area contributed by atoms with Crippen molar-refractivity contribution < 1.29 is 14.3 Å². The second kappa shape index (κ2) is 10.6. The Morgan fingerprint density at radius 2 is 1.63 bits per heavy atom. The molecule has 0 spiro atoms. The van der Waals surface area contributed by atoms with Crippen LogP contribution in [0.5, 0.6) is 11.5 Å². The Bertz CT molecular complexity index is 1530. The molecule has 38 heavy (non-hydrogen) atoms. The fraction of sp³-hybridized carbons (Fsp3) is 0.214. The smallest absolute Gasteiger partial charge is 0.342 e. The zero-order chi connectivity index (χ0) is 26.6. The van der Waals surface area contributed by atoms with Crippen LogP contribution < -0.4 is 15.7 Å². The van der Waals surface area contributed by atoms with Gasteiger partial charge in [0.2, 0.25) is 5.91 Å². The molecule has 3 heterocycles. The van der Waals surface area contributed by atoms with E-state index in [4.69, 9.17) is 4.74 Å². The van der Waals surface area contributed by atoms with Gasteiger partial charge in [-0.1, -0.05) is 24.8 Å². The zero-order valence-electron chi connectivity index (χ0n) is 21.0. The molecule has 0 atom stereocenters. The van der Waals surface area contributed by atoms with Gasteiger partial charge in [0.15, 0.2) is 5.82 Å². The fourth-order valence-electron chi connectivity index (χ4n) is 4.54. The minimum atomic E-state index is -0.501. The van der Waals surface area contributed by atoms with Gasteiger partial charge in [0.25, 0.3) is 0 Å². The molecular weight excluding hydrogens is 484 g/mol. The number of para-hydroxylation sites is 1. The first-order valence-electron chi connectivity index (χ1n) is 12.4. The Morgan fingerprint density at radius 1 is 0.974 bits per heavy atom. The number of piperazine rings is 1. The molecule has 1 N–H and O–H groups in total. The van der Waals surface area contributed by atoms with Gasteiger partial charge >= 0.3 is 11.7 Å². The van der Waals surface area contributed by atoms with Gasteiger partial charge in [-0.15, -0.1) is 0 Å². The number of carbonyl (C=O) groups excluding carboxylic acids is 2. The van der Waals surface area contributed by atoms with E-state index in [1.54, 1.807) is 46.3 Å². The number of benzene rings is 2. The average molecular weight is 513 g/mol. The van der Waals surface area contributed by atoms with Crippen LogP contribution in [0.2, 0.25) is 0 Å². The van der Waals surface area contributed by atoms with Crippen molar-refractivity contribution in [2.24, 2.45) is 0 Å². The molecule has 0 bridgehead atoms. The Kier molecular flexibility index (Phi) is 6.94. The quantitative estimate of drug-likeness (QED) is 0.395. The van der Waals surface area contributed by atoms with Crippen molar-refractivity contribution in [3.63, 3.8) is 0 Å². The molecular formula is C28H28N6O4. The third-order valence-corrected chi connectivity index (χ3v) is 6.40. The number of amides is 2. The Balaban J connectivity index is 1.53. The summed E-state index contributed by atoms with van der Waals surface area (Å²) in [5, 5.41) is 3.20. The van der Waals surface area contributed by atoms with Crippen LogP contribution in [-0.4, -0.2) is 68.6 Å². The highest BCUT2D eigenvalue weighted by Gasteiger charge is 2.29. The normalized spacial score (nSPS) is 13.4. The van der Waals surface area contributed by atoms with Crippen LogP contribution in [0.4, 0.5) is 10.6 Å². The second-order valence-electron chi connectivity index (χ2n) is 8.72. The summed E-state index contributed by atoms with van der Waals surface area (Å²) in [6.07, 6.45) is 2.84. The molecule has 0 unspecified atom stereocenters. The summed E-state index contributed by atoms with van der Waals surface area (Å²) < 4.78 is 8.56. The van der Waals surface area contributed by atoms with E-state index in [0.29, 0.717) is 66.8 Å². The molecule has 194 valence electrons. The van der Waals surface area contributed by atoms with Crippen molar-refractivity contribution in [1.82, 2.24) is 23.9 Å². The number of hydrogen-bond acceptors (Lipinski definition) is 6. The van der Waals surface area contributed by atoms with E-state index in [9.17, 15) is 14.4 Å². The number of ether oxygens (including phenoxy) is 1. The average Bonchev–Trinajstić information content (AvgIpc) is 3.26. The van der Waals surface area contributed by atoms with Gasteiger partial charge in [0, 0.05) is 38.9 Å². The first-order chi connectivity index (χ1) is 18.5. The minimum Gasteiger partial charge on any atom is -0.457 e. The number of hydrogen-bond donors (Lipinski definition) is 1. The maximum Gasteiger partial charge on any atom is 0.342 e. The summed E-state index contributed by atoms with van der Waals surface area (Å²) in [5.74, 6) is 1.64. The third kappa shape index (κ3) is 4.63. The van der Waals surface area contributed by atoms with Gasteiger partial charge in [0.1, 0.15) is 17.0 Å². The fourth-order valence-corrected chi connectivity index (χ4v) is 4.54. The molecule has 1 aliphatic heterocycles. The number of aromatic nitrogens is 3. The van der Waals surface area contributed by atoms with Gasteiger partial charge in [-0.2, -0.15) is 0 Å². The molecule has 2 amide bonds. The van der Waals surface area contributed by atoms with Crippen LogP contribution >= 0.6 is 0 Å². The molecule has 1 aliphatic rings. The summed E-state index contributed by atoms with van der Waals surface area (Å²) >= 11 is 0. The number of carbonyl (C=O) groups is 2. The predicted molar refractivity (Wildman–Crippen MR) is 145 cm³/mol. The van der Waals surface area contributed by atoms with E-state index in [2.05, 4.69) is 16.9 Å². The van der Waals surface area contributed by atoms with Gasteiger partial charge in [-0.25, -0.2) is 19.1 Å². The summed E-state index contributed by atoms with van der Waals surface area (Å²) in [6, 6.07) is 17.7. The highest BCUT2D eigenvalue weighted by Crippen LogP contribution is 2.27. The molecule has 2 aromatic carbocycles. The van der Waals surface area contributed by atoms with Crippen LogP contribution in [-0.2, 0) is 4.79 Å². The number of nitrogens with one attached hydrogen (secondary N) is 1. The number of anilines is 1. The van der Waals surface area contributed by atoms with Gasteiger partial charge in [-0.3, -0.25) is 9.36 Å². The first-order valence-corrected chi connectivity index (χ1v) is 12.4. The topological polar surface area (TPSA) is 102 Å². The Morgan fingerprint density at radius 3 is 2.29 bits per heavy atom. The minimum absolute atomic E-state index is 0.174. The molecule has 5 rings (SSSR count). The summed E-state index contributed by atoms with van der Waals surface area (Å²) in [4.78, 5) is 47.1. The Hall–Kier alpha value is -4.86. The highest BCUT2D eigenvalue weighted by atomic mass is 16.5. The van der Waals surface area contributed by atoms with Crippen LogP contribution in [0.1, 0.15) is 6.92 Å². The largest absolute Gasteiger partial charge is 0.457 e. The van der Waals surface area contributed by atoms with Crippen molar-refractivity contribution in [3.05, 3.63) is 90.0 Å². The van der Waals surface area contributed by atoms with Crippen LogP contribution in [0.15, 0.2) is 84.3 Å². The number of rotatable bonds is 6. The van der Waals surface area contributed by atoms with E-state index >= 15 is 0 Å². The molecule has 0 saturated carbocycles. The molecule has 10 nitrogen and oxygen atoms in total. The SMILES string of the molecule is C=CC(=O)N1CCN(C(=O)n2c(=O)n(-c3ccc(Oc4ccccc4)cc3)c3c(NCC)nccc32)CC1. The van der Waals surface area contributed by atoms with Crippen molar-refractivity contribution in [1.29, 1.82) is 0 Å². The molecule has 0 radical (unpaired) electrons. The van der Waals surface area contributed by atoms with Crippen molar-refractivity contribution in [2.75, 3.05) is 38.0 Å². The van der Waals surface area contributed by atoms with Crippen LogP contribution in [0, 0.1) is 0 Å². The molecule has 2 aromatic heterocycles. The lowest BCUT2D eigenvalue weighted by molar-refractivity contribution is -0.127.